The van der Waals surface area contributed by atoms with Gasteiger partial charge in [0.25, 0.3) is 0 Å². The van der Waals surface area contributed by atoms with Gasteiger partial charge in [0, 0.05) is 13.1 Å². The van der Waals surface area contributed by atoms with Crippen LogP contribution in [-0.2, 0) is 0 Å². The molecule has 2 heteroatoms. The Labute approximate surface area is 103 Å². The highest BCUT2D eigenvalue weighted by Gasteiger charge is 1.94. The van der Waals surface area contributed by atoms with Gasteiger partial charge in [0.1, 0.15) is 0 Å². The Morgan fingerprint density at radius 3 is 1.31 bits per heavy atom. The van der Waals surface area contributed by atoms with Crippen molar-refractivity contribution in [2.24, 2.45) is 11.8 Å². The van der Waals surface area contributed by atoms with Gasteiger partial charge in [0.05, 0.1) is 0 Å². The maximum absolute atomic E-state index is 3.48. The Balaban J connectivity index is 2.93. The number of nitrogens with one attached hydrogen (secondary N) is 2. The van der Waals surface area contributed by atoms with E-state index in [0.29, 0.717) is 0 Å². The molecule has 0 aliphatic heterocycles. The van der Waals surface area contributed by atoms with Crippen LogP contribution < -0.4 is 10.6 Å². The SMILES string of the molecule is CC(C)CCCNCCNCCCC(C)C. The minimum Gasteiger partial charge on any atom is -0.315 e. The molecule has 0 aromatic carbocycles. The van der Waals surface area contributed by atoms with E-state index in [4.69, 9.17) is 0 Å². The molecule has 0 aliphatic carbocycles. The quantitative estimate of drug-likeness (QED) is 0.531. The van der Waals surface area contributed by atoms with Gasteiger partial charge in [-0.25, -0.2) is 0 Å². The lowest BCUT2D eigenvalue weighted by Crippen LogP contribution is -2.28. The van der Waals surface area contributed by atoms with Crippen LogP contribution in [0.25, 0.3) is 0 Å². The highest BCUT2D eigenvalue weighted by Crippen LogP contribution is 2.02. The van der Waals surface area contributed by atoms with Gasteiger partial charge < -0.3 is 10.6 Å². The lowest BCUT2D eigenvalue weighted by molar-refractivity contribution is 0.505. The van der Waals surface area contributed by atoms with E-state index in [9.17, 15) is 0 Å². The van der Waals surface area contributed by atoms with Gasteiger partial charge in [0.15, 0.2) is 0 Å². The normalized spacial score (nSPS) is 11.6. The van der Waals surface area contributed by atoms with E-state index in [-0.39, 0.29) is 0 Å². The lowest BCUT2D eigenvalue weighted by atomic mass is 10.1. The molecular formula is C14H32N2. The Morgan fingerprint density at radius 2 is 1.00 bits per heavy atom. The van der Waals surface area contributed by atoms with Crippen molar-refractivity contribution in [2.75, 3.05) is 26.2 Å². The minimum atomic E-state index is 0.843. The highest BCUT2D eigenvalue weighted by atomic mass is 14.9. The van der Waals surface area contributed by atoms with Crippen LogP contribution in [0.3, 0.4) is 0 Å². The molecule has 98 valence electrons. The first-order valence-corrected chi connectivity index (χ1v) is 7.04. The van der Waals surface area contributed by atoms with Crippen molar-refractivity contribution in [1.29, 1.82) is 0 Å². The fraction of sp³-hybridized carbons (Fsp3) is 1.00. The van der Waals surface area contributed by atoms with Crippen LogP contribution in [-0.4, -0.2) is 26.2 Å². The maximum Gasteiger partial charge on any atom is 0.00767 e. The van der Waals surface area contributed by atoms with E-state index in [1.165, 1.54) is 38.8 Å². The van der Waals surface area contributed by atoms with E-state index in [1.54, 1.807) is 0 Å². The van der Waals surface area contributed by atoms with Crippen LogP contribution in [0.4, 0.5) is 0 Å². The third-order valence-electron chi connectivity index (χ3n) is 2.75. The summed E-state index contributed by atoms with van der Waals surface area (Å²) in [6.07, 6.45) is 5.31. The summed E-state index contributed by atoms with van der Waals surface area (Å²) in [4.78, 5) is 0. The average Bonchev–Trinajstić information content (AvgIpc) is 2.20. The number of hydrogen-bond donors (Lipinski definition) is 2. The predicted molar refractivity (Wildman–Crippen MR) is 73.9 cm³/mol. The molecule has 2 nitrogen and oxygen atoms in total. The van der Waals surface area contributed by atoms with E-state index in [1.807, 2.05) is 0 Å². The average molecular weight is 228 g/mol. The second-order valence-corrected chi connectivity index (χ2v) is 5.57. The largest absolute Gasteiger partial charge is 0.315 e. The zero-order valence-corrected chi connectivity index (χ0v) is 11.8. The molecule has 0 spiro atoms. The van der Waals surface area contributed by atoms with Crippen LogP contribution in [0.2, 0.25) is 0 Å². The van der Waals surface area contributed by atoms with Crippen LogP contribution in [0.1, 0.15) is 53.4 Å². The summed E-state index contributed by atoms with van der Waals surface area (Å²) in [7, 11) is 0. The van der Waals surface area contributed by atoms with Crippen molar-refractivity contribution < 1.29 is 0 Å². The molecule has 0 atom stereocenters. The summed E-state index contributed by atoms with van der Waals surface area (Å²) >= 11 is 0. The molecule has 0 rings (SSSR count). The van der Waals surface area contributed by atoms with Gasteiger partial charge in [-0.1, -0.05) is 27.7 Å². The van der Waals surface area contributed by atoms with Crippen LogP contribution in [0.15, 0.2) is 0 Å². The Morgan fingerprint density at radius 1 is 0.625 bits per heavy atom. The summed E-state index contributed by atoms with van der Waals surface area (Å²) in [6, 6.07) is 0. The van der Waals surface area contributed by atoms with Gasteiger partial charge >= 0.3 is 0 Å². The van der Waals surface area contributed by atoms with Crippen molar-refractivity contribution in [3.8, 4) is 0 Å². The summed E-state index contributed by atoms with van der Waals surface area (Å²) in [5, 5.41) is 6.96. The molecule has 2 N–H and O–H groups in total. The molecule has 0 fully saturated rings. The summed E-state index contributed by atoms with van der Waals surface area (Å²) in [5.41, 5.74) is 0. The van der Waals surface area contributed by atoms with E-state index in [0.717, 1.165) is 24.9 Å². The zero-order chi connectivity index (χ0) is 12.2. The molecule has 0 bridgehead atoms. The fourth-order valence-electron chi connectivity index (χ4n) is 1.70. The monoisotopic (exact) mass is 228 g/mol. The third kappa shape index (κ3) is 13.9. The molecular weight excluding hydrogens is 196 g/mol. The highest BCUT2D eigenvalue weighted by molar-refractivity contribution is 4.55. The van der Waals surface area contributed by atoms with Crippen LogP contribution in [0, 0.1) is 11.8 Å². The van der Waals surface area contributed by atoms with Crippen molar-refractivity contribution in [1.82, 2.24) is 10.6 Å². The molecule has 0 unspecified atom stereocenters. The molecule has 0 saturated carbocycles. The number of rotatable bonds is 11. The topological polar surface area (TPSA) is 24.1 Å². The minimum absolute atomic E-state index is 0.843. The molecule has 0 saturated heterocycles. The van der Waals surface area contributed by atoms with Crippen molar-refractivity contribution in [2.45, 2.75) is 53.4 Å². The molecule has 0 amide bonds. The van der Waals surface area contributed by atoms with Gasteiger partial charge in [-0.05, 0) is 50.6 Å². The van der Waals surface area contributed by atoms with Crippen molar-refractivity contribution in [3.63, 3.8) is 0 Å². The smallest absolute Gasteiger partial charge is 0.00767 e. The third-order valence-corrected chi connectivity index (χ3v) is 2.75. The van der Waals surface area contributed by atoms with E-state index >= 15 is 0 Å². The second-order valence-electron chi connectivity index (χ2n) is 5.57. The molecule has 0 aliphatic rings. The first-order valence-electron chi connectivity index (χ1n) is 7.04. The summed E-state index contributed by atoms with van der Waals surface area (Å²) in [5.74, 6) is 1.69. The lowest BCUT2D eigenvalue weighted by Gasteiger charge is -2.08. The van der Waals surface area contributed by atoms with E-state index in [2.05, 4.69) is 38.3 Å². The summed E-state index contributed by atoms with van der Waals surface area (Å²) in [6.45, 7) is 13.7. The zero-order valence-electron chi connectivity index (χ0n) is 11.8. The fourth-order valence-corrected chi connectivity index (χ4v) is 1.70. The number of hydrogen-bond acceptors (Lipinski definition) is 2. The van der Waals surface area contributed by atoms with Crippen molar-refractivity contribution in [3.05, 3.63) is 0 Å². The Kier molecular flexibility index (Phi) is 11.3. The van der Waals surface area contributed by atoms with Gasteiger partial charge in [-0.2, -0.15) is 0 Å². The molecule has 0 radical (unpaired) electrons. The van der Waals surface area contributed by atoms with E-state index < -0.39 is 0 Å². The Hall–Kier alpha value is -0.0800. The van der Waals surface area contributed by atoms with Crippen molar-refractivity contribution >= 4 is 0 Å². The molecule has 0 aromatic rings. The second kappa shape index (κ2) is 11.4. The van der Waals surface area contributed by atoms with Gasteiger partial charge in [-0.15, -0.1) is 0 Å². The predicted octanol–water partition coefficient (Wildman–Crippen LogP) is 3.04. The molecule has 0 heterocycles. The summed E-state index contributed by atoms with van der Waals surface area (Å²) < 4.78 is 0. The standard InChI is InChI=1S/C14H32N2/c1-13(2)7-5-9-15-11-12-16-10-6-8-14(3)4/h13-16H,5-12H2,1-4H3. The molecule has 0 aromatic heterocycles. The van der Waals surface area contributed by atoms with Gasteiger partial charge in [-0.3, -0.25) is 0 Å². The first-order chi connectivity index (χ1) is 7.63. The first kappa shape index (κ1) is 15.9. The van der Waals surface area contributed by atoms with Crippen LogP contribution >= 0.6 is 0 Å². The van der Waals surface area contributed by atoms with Crippen LogP contribution in [0.5, 0.6) is 0 Å². The van der Waals surface area contributed by atoms with Gasteiger partial charge in [0.2, 0.25) is 0 Å². The molecule has 16 heavy (non-hydrogen) atoms. The maximum atomic E-state index is 3.48. The Bertz CT molecular complexity index is 117.